The summed E-state index contributed by atoms with van der Waals surface area (Å²) in [7, 11) is 0. The van der Waals surface area contributed by atoms with Gasteiger partial charge < -0.3 is 9.84 Å². The molecule has 1 N–H and O–H groups in total. The number of nitrogens with zero attached hydrogens (tertiary/aromatic N) is 1. The summed E-state index contributed by atoms with van der Waals surface area (Å²) in [4.78, 5) is 4.17. The maximum absolute atomic E-state index is 9.01. The molecule has 0 heterocycles. The zero-order valence-electron chi connectivity index (χ0n) is 7.82. The third-order valence-corrected chi connectivity index (χ3v) is 1.49. The summed E-state index contributed by atoms with van der Waals surface area (Å²) in [5, 5.41) is 9.01. The van der Waals surface area contributed by atoms with E-state index in [1.165, 1.54) is 0 Å². The maximum Gasteiger partial charge on any atom is 0.185 e. The summed E-state index contributed by atoms with van der Waals surface area (Å²) in [6, 6.07) is 6.66. The van der Waals surface area contributed by atoms with Crippen LogP contribution in [0.3, 0.4) is 0 Å². The van der Waals surface area contributed by atoms with Gasteiger partial charge in [-0.1, -0.05) is 0 Å². The second kappa shape index (κ2) is 4.50. The van der Waals surface area contributed by atoms with E-state index in [0.717, 1.165) is 5.69 Å². The van der Waals surface area contributed by atoms with Gasteiger partial charge in [-0.05, 0) is 31.2 Å². The van der Waals surface area contributed by atoms with Gasteiger partial charge in [-0.2, -0.15) is 0 Å². The fourth-order valence-corrected chi connectivity index (χ4v) is 0.950. The fourth-order valence-electron chi connectivity index (χ4n) is 0.950. The van der Waals surface area contributed by atoms with Crippen LogP contribution in [0.5, 0.6) is 5.75 Å². The predicted octanol–water partition coefficient (Wildman–Crippen LogP) is 2.48. The van der Waals surface area contributed by atoms with Crippen LogP contribution < -0.4 is 0 Å². The van der Waals surface area contributed by atoms with E-state index in [9.17, 15) is 0 Å². The fraction of sp³-hybridized carbons (Fsp3) is 0.300. The molecule has 0 aliphatic heterocycles. The van der Waals surface area contributed by atoms with Crippen LogP contribution in [0.4, 0.5) is 5.69 Å². The highest BCUT2D eigenvalue weighted by atomic mass is 16.5. The number of hydrogen-bond acceptors (Lipinski definition) is 3. The molecule has 0 unspecified atom stereocenters. The number of aliphatic imine (C=N–C) groups is 1. The number of phenols is 1. The molecule has 0 amide bonds. The highest BCUT2D eigenvalue weighted by Crippen LogP contribution is 2.16. The Bertz CT molecular complexity index is 290. The molecule has 0 spiro atoms. The number of phenolic OH excluding ortho intramolecular Hbond substituents is 1. The second-order valence-electron chi connectivity index (χ2n) is 2.58. The van der Waals surface area contributed by atoms with Crippen molar-refractivity contribution >= 4 is 11.6 Å². The maximum atomic E-state index is 9.01. The molecular weight excluding hydrogens is 166 g/mol. The molecule has 0 saturated heterocycles. The van der Waals surface area contributed by atoms with Gasteiger partial charge in [-0.15, -0.1) is 0 Å². The Morgan fingerprint density at radius 3 is 2.54 bits per heavy atom. The van der Waals surface area contributed by atoms with Crippen molar-refractivity contribution in [2.24, 2.45) is 4.99 Å². The van der Waals surface area contributed by atoms with E-state index in [1.807, 2.05) is 6.92 Å². The summed E-state index contributed by atoms with van der Waals surface area (Å²) in [6.07, 6.45) is 0. The summed E-state index contributed by atoms with van der Waals surface area (Å²) in [5.74, 6) is 0.876. The Morgan fingerprint density at radius 2 is 2.00 bits per heavy atom. The van der Waals surface area contributed by atoms with Gasteiger partial charge in [-0.3, -0.25) is 0 Å². The van der Waals surface area contributed by atoms with E-state index in [2.05, 4.69) is 4.99 Å². The third-order valence-electron chi connectivity index (χ3n) is 1.49. The quantitative estimate of drug-likeness (QED) is 0.559. The van der Waals surface area contributed by atoms with Crippen LogP contribution in [0.25, 0.3) is 0 Å². The molecule has 1 aromatic carbocycles. The van der Waals surface area contributed by atoms with Gasteiger partial charge >= 0.3 is 0 Å². The van der Waals surface area contributed by atoms with Crippen LogP contribution >= 0.6 is 0 Å². The lowest BCUT2D eigenvalue weighted by Crippen LogP contribution is -1.97. The lowest BCUT2D eigenvalue weighted by molar-refractivity contribution is 0.325. The Hall–Kier alpha value is -1.51. The van der Waals surface area contributed by atoms with Crippen molar-refractivity contribution in [1.29, 1.82) is 0 Å². The Balaban J connectivity index is 2.73. The van der Waals surface area contributed by atoms with Gasteiger partial charge in [0.25, 0.3) is 0 Å². The first kappa shape index (κ1) is 9.58. The molecule has 0 aromatic heterocycles. The minimum absolute atomic E-state index is 0.244. The first-order valence-electron chi connectivity index (χ1n) is 4.19. The van der Waals surface area contributed by atoms with Crippen molar-refractivity contribution in [2.45, 2.75) is 13.8 Å². The van der Waals surface area contributed by atoms with E-state index >= 15 is 0 Å². The molecule has 70 valence electrons. The van der Waals surface area contributed by atoms with Crippen molar-refractivity contribution in [3.8, 4) is 5.75 Å². The first-order chi connectivity index (χ1) is 6.22. The summed E-state index contributed by atoms with van der Waals surface area (Å²) in [5.41, 5.74) is 0.781. The zero-order chi connectivity index (χ0) is 9.68. The molecule has 13 heavy (non-hydrogen) atoms. The molecule has 0 aliphatic rings. The zero-order valence-corrected chi connectivity index (χ0v) is 7.82. The second-order valence-corrected chi connectivity index (χ2v) is 2.58. The van der Waals surface area contributed by atoms with Crippen LogP contribution in [0.15, 0.2) is 29.3 Å². The standard InChI is InChI=1S/C10H13NO2/c1-3-13-8(2)11-9-4-6-10(12)7-5-9/h4-7,12H,3H2,1-2H3. The molecule has 1 aromatic rings. The minimum atomic E-state index is 0.244. The normalized spacial score (nSPS) is 11.4. The molecule has 0 radical (unpaired) electrons. The van der Waals surface area contributed by atoms with Gasteiger partial charge in [0.15, 0.2) is 5.90 Å². The largest absolute Gasteiger partial charge is 0.508 e. The average Bonchev–Trinajstić information content (AvgIpc) is 2.09. The van der Waals surface area contributed by atoms with Crippen molar-refractivity contribution < 1.29 is 9.84 Å². The third kappa shape index (κ3) is 3.15. The molecule has 0 atom stereocenters. The highest BCUT2D eigenvalue weighted by Gasteiger charge is 1.92. The summed E-state index contributed by atoms with van der Waals surface area (Å²) >= 11 is 0. The van der Waals surface area contributed by atoms with E-state index in [0.29, 0.717) is 12.5 Å². The number of rotatable bonds is 2. The van der Waals surface area contributed by atoms with E-state index in [1.54, 1.807) is 31.2 Å². The van der Waals surface area contributed by atoms with E-state index in [-0.39, 0.29) is 5.75 Å². The molecular formula is C10H13NO2. The molecule has 3 heteroatoms. The molecule has 0 fully saturated rings. The van der Waals surface area contributed by atoms with Gasteiger partial charge in [0.2, 0.25) is 0 Å². The van der Waals surface area contributed by atoms with Gasteiger partial charge in [0.05, 0.1) is 12.3 Å². The van der Waals surface area contributed by atoms with Gasteiger partial charge in [-0.25, -0.2) is 4.99 Å². The minimum Gasteiger partial charge on any atom is -0.508 e. The monoisotopic (exact) mass is 179 g/mol. The average molecular weight is 179 g/mol. The topological polar surface area (TPSA) is 41.8 Å². The smallest absolute Gasteiger partial charge is 0.185 e. The van der Waals surface area contributed by atoms with E-state index in [4.69, 9.17) is 9.84 Å². The van der Waals surface area contributed by atoms with Crippen molar-refractivity contribution in [1.82, 2.24) is 0 Å². The molecule has 3 nitrogen and oxygen atoms in total. The molecule has 0 saturated carbocycles. The Labute approximate surface area is 77.7 Å². The summed E-state index contributed by atoms with van der Waals surface area (Å²) < 4.78 is 5.16. The lowest BCUT2D eigenvalue weighted by Gasteiger charge is -2.00. The Kier molecular flexibility index (Phi) is 3.31. The van der Waals surface area contributed by atoms with E-state index < -0.39 is 0 Å². The van der Waals surface area contributed by atoms with Crippen LogP contribution in [-0.2, 0) is 4.74 Å². The van der Waals surface area contributed by atoms with Gasteiger partial charge in [0, 0.05) is 6.92 Å². The van der Waals surface area contributed by atoms with Crippen molar-refractivity contribution in [2.75, 3.05) is 6.61 Å². The SMILES string of the molecule is CCOC(C)=Nc1ccc(O)cc1. The first-order valence-corrected chi connectivity index (χ1v) is 4.19. The lowest BCUT2D eigenvalue weighted by atomic mass is 10.3. The predicted molar refractivity (Wildman–Crippen MR) is 52.5 cm³/mol. The van der Waals surface area contributed by atoms with Crippen LogP contribution in [0.2, 0.25) is 0 Å². The number of benzene rings is 1. The van der Waals surface area contributed by atoms with Crippen LogP contribution in [0.1, 0.15) is 13.8 Å². The summed E-state index contributed by atoms with van der Waals surface area (Å²) in [6.45, 7) is 4.33. The Morgan fingerprint density at radius 1 is 1.38 bits per heavy atom. The molecule has 0 bridgehead atoms. The molecule has 0 aliphatic carbocycles. The molecule has 1 rings (SSSR count). The number of ether oxygens (including phenoxy) is 1. The van der Waals surface area contributed by atoms with Crippen LogP contribution in [0, 0.1) is 0 Å². The number of aromatic hydroxyl groups is 1. The van der Waals surface area contributed by atoms with Crippen LogP contribution in [-0.4, -0.2) is 17.6 Å². The highest BCUT2D eigenvalue weighted by molar-refractivity contribution is 5.76. The van der Waals surface area contributed by atoms with Gasteiger partial charge in [0.1, 0.15) is 5.75 Å². The number of hydrogen-bond donors (Lipinski definition) is 1. The van der Waals surface area contributed by atoms with Crippen molar-refractivity contribution in [3.63, 3.8) is 0 Å². The van der Waals surface area contributed by atoms with Crippen molar-refractivity contribution in [3.05, 3.63) is 24.3 Å².